The molecule has 0 amide bonds. The SMILES string of the molecule is CCCC1Oc2c(Br)cc(Br)cc2C1NC. The lowest BCUT2D eigenvalue weighted by atomic mass is 10.0. The van der Waals surface area contributed by atoms with Crippen LogP contribution in [0.4, 0.5) is 0 Å². The van der Waals surface area contributed by atoms with Gasteiger partial charge in [-0.2, -0.15) is 0 Å². The van der Waals surface area contributed by atoms with Gasteiger partial charge < -0.3 is 10.1 Å². The third-order valence-corrected chi connectivity index (χ3v) is 3.94. The molecule has 88 valence electrons. The molecule has 1 aromatic rings. The number of hydrogen-bond acceptors (Lipinski definition) is 2. The number of likely N-dealkylation sites (N-methyl/N-ethyl adjacent to an activating group) is 1. The zero-order chi connectivity index (χ0) is 11.7. The Morgan fingerprint density at radius 3 is 2.75 bits per heavy atom. The van der Waals surface area contributed by atoms with Crippen molar-refractivity contribution in [3.63, 3.8) is 0 Å². The number of ether oxygens (including phenoxy) is 1. The molecule has 1 aliphatic rings. The lowest BCUT2D eigenvalue weighted by molar-refractivity contribution is 0.181. The molecule has 0 saturated heterocycles. The first-order chi connectivity index (χ1) is 7.67. The van der Waals surface area contributed by atoms with Gasteiger partial charge in [-0.15, -0.1) is 0 Å². The van der Waals surface area contributed by atoms with E-state index in [2.05, 4.69) is 50.2 Å². The first kappa shape index (κ1) is 12.4. The number of rotatable bonds is 3. The van der Waals surface area contributed by atoms with Crippen molar-refractivity contribution >= 4 is 31.9 Å². The van der Waals surface area contributed by atoms with Crippen LogP contribution in [0.3, 0.4) is 0 Å². The lowest BCUT2D eigenvalue weighted by Crippen LogP contribution is -2.28. The highest BCUT2D eigenvalue weighted by Crippen LogP contribution is 2.44. The van der Waals surface area contributed by atoms with Crippen molar-refractivity contribution in [2.75, 3.05) is 7.05 Å². The third-order valence-electron chi connectivity index (χ3n) is 2.90. The molecule has 16 heavy (non-hydrogen) atoms. The van der Waals surface area contributed by atoms with E-state index in [0.717, 1.165) is 27.5 Å². The van der Waals surface area contributed by atoms with E-state index in [0.29, 0.717) is 6.04 Å². The number of hydrogen-bond donors (Lipinski definition) is 1. The van der Waals surface area contributed by atoms with E-state index in [1.807, 2.05) is 13.1 Å². The molecule has 0 bridgehead atoms. The second-order valence-corrected chi connectivity index (χ2v) is 5.79. The summed E-state index contributed by atoms with van der Waals surface area (Å²) in [6.07, 6.45) is 2.45. The van der Waals surface area contributed by atoms with Gasteiger partial charge in [0.15, 0.2) is 0 Å². The predicted molar refractivity (Wildman–Crippen MR) is 73.0 cm³/mol. The Labute approximate surface area is 113 Å². The summed E-state index contributed by atoms with van der Waals surface area (Å²) in [5.41, 5.74) is 1.24. The standard InChI is InChI=1S/C12H15Br2NO/c1-3-4-10-11(15-2)8-5-7(13)6-9(14)12(8)16-10/h5-6,10-11,15H,3-4H2,1-2H3. The first-order valence-corrected chi connectivity index (χ1v) is 7.08. The zero-order valence-electron chi connectivity index (χ0n) is 9.39. The van der Waals surface area contributed by atoms with Gasteiger partial charge in [0, 0.05) is 10.0 Å². The van der Waals surface area contributed by atoms with E-state index in [-0.39, 0.29) is 6.10 Å². The molecule has 1 aliphatic heterocycles. The second-order valence-electron chi connectivity index (χ2n) is 4.02. The molecule has 0 radical (unpaired) electrons. The Morgan fingerprint density at radius 1 is 1.38 bits per heavy atom. The van der Waals surface area contributed by atoms with Gasteiger partial charge >= 0.3 is 0 Å². The molecule has 2 rings (SSSR count). The minimum absolute atomic E-state index is 0.246. The molecule has 0 saturated carbocycles. The normalized spacial score (nSPS) is 23.0. The fourth-order valence-electron chi connectivity index (χ4n) is 2.21. The summed E-state index contributed by atoms with van der Waals surface area (Å²) in [5.74, 6) is 0.987. The van der Waals surface area contributed by atoms with Gasteiger partial charge in [0.25, 0.3) is 0 Å². The van der Waals surface area contributed by atoms with Crippen LogP contribution >= 0.6 is 31.9 Å². The Kier molecular flexibility index (Phi) is 3.93. The lowest BCUT2D eigenvalue weighted by Gasteiger charge is -2.17. The summed E-state index contributed by atoms with van der Waals surface area (Å²) < 4.78 is 8.11. The molecule has 2 nitrogen and oxygen atoms in total. The molecule has 0 spiro atoms. The summed E-state index contributed by atoms with van der Waals surface area (Å²) in [6, 6.07) is 4.46. The fourth-order valence-corrected chi connectivity index (χ4v) is 3.56. The molecule has 1 heterocycles. The zero-order valence-corrected chi connectivity index (χ0v) is 12.6. The molecule has 4 heteroatoms. The van der Waals surface area contributed by atoms with E-state index in [1.165, 1.54) is 5.56 Å². The maximum atomic E-state index is 6.01. The monoisotopic (exact) mass is 347 g/mol. The molecule has 1 N–H and O–H groups in total. The van der Waals surface area contributed by atoms with Crippen molar-refractivity contribution in [2.45, 2.75) is 31.9 Å². The Hall–Kier alpha value is -0.0600. The van der Waals surface area contributed by atoms with Crippen LogP contribution in [-0.4, -0.2) is 13.2 Å². The molecule has 2 unspecified atom stereocenters. The molecule has 0 aliphatic carbocycles. The van der Waals surface area contributed by atoms with Crippen LogP contribution in [-0.2, 0) is 0 Å². The van der Waals surface area contributed by atoms with E-state index >= 15 is 0 Å². The first-order valence-electron chi connectivity index (χ1n) is 5.50. The van der Waals surface area contributed by atoms with Crippen LogP contribution < -0.4 is 10.1 Å². The Balaban J connectivity index is 2.38. The van der Waals surface area contributed by atoms with Crippen LogP contribution in [0.25, 0.3) is 0 Å². The van der Waals surface area contributed by atoms with E-state index in [1.54, 1.807) is 0 Å². The van der Waals surface area contributed by atoms with Crippen molar-refractivity contribution in [1.29, 1.82) is 0 Å². The van der Waals surface area contributed by atoms with Crippen molar-refractivity contribution in [3.8, 4) is 5.75 Å². The summed E-state index contributed by atoms with van der Waals surface area (Å²) >= 11 is 7.07. The average molecular weight is 349 g/mol. The molecular weight excluding hydrogens is 334 g/mol. The van der Waals surface area contributed by atoms with Crippen LogP contribution in [0.1, 0.15) is 31.4 Å². The van der Waals surface area contributed by atoms with Gasteiger partial charge in [0.05, 0.1) is 10.5 Å². The van der Waals surface area contributed by atoms with Crippen LogP contribution in [0.5, 0.6) is 5.75 Å². The quantitative estimate of drug-likeness (QED) is 0.890. The number of nitrogens with one attached hydrogen (secondary N) is 1. The molecule has 1 aromatic carbocycles. The van der Waals surface area contributed by atoms with E-state index in [9.17, 15) is 0 Å². The predicted octanol–water partition coefficient (Wildman–Crippen LogP) is 4.03. The van der Waals surface area contributed by atoms with Crippen LogP contribution in [0.2, 0.25) is 0 Å². The van der Waals surface area contributed by atoms with Crippen LogP contribution in [0.15, 0.2) is 21.1 Å². The average Bonchev–Trinajstić information content (AvgIpc) is 2.56. The maximum absolute atomic E-state index is 6.01. The summed E-state index contributed by atoms with van der Waals surface area (Å²) in [7, 11) is 1.99. The van der Waals surface area contributed by atoms with Gasteiger partial charge in [-0.1, -0.05) is 29.3 Å². The highest BCUT2D eigenvalue weighted by molar-refractivity contribution is 9.11. The number of halogens is 2. The number of fused-ring (bicyclic) bond motifs is 1. The molecule has 0 aromatic heterocycles. The topological polar surface area (TPSA) is 21.3 Å². The smallest absolute Gasteiger partial charge is 0.138 e. The van der Waals surface area contributed by atoms with E-state index < -0.39 is 0 Å². The molecule has 2 atom stereocenters. The highest BCUT2D eigenvalue weighted by atomic mass is 79.9. The minimum Gasteiger partial charge on any atom is -0.487 e. The summed E-state index contributed by atoms with van der Waals surface area (Å²) in [5, 5.41) is 3.34. The fraction of sp³-hybridized carbons (Fsp3) is 0.500. The summed E-state index contributed by atoms with van der Waals surface area (Å²) in [6.45, 7) is 2.18. The van der Waals surface area contributed by atoms with Gasteiger partial charge in [0.2, 0.25) is 0 Å². The third kappa shape index (κ3) is 2.15. The number of benzene rings is 1. The van der Waals surface area contributed by atoms with Gasteiger partial charge in [-0.05, 0) is 41.5 Å². The molecule has 0 fully saturated rings. The Bertz CT molecular complexity index is 395. The van der Waals surface area contributed by atoms with Gasteiger partial charge in [-0.25, -0.2) is 0 Å². The van der Waals surface area contributed by atoms with Gasteiger partial charge in [0.1, 0.15) is 11.9 Å². The largest absolute Gasteiger partial charge is 0.487 e. The maximum Gasteiger partial charge on any atom is 0.138 e. The highest BCUT2D eigenvalue weighted by Gasteiger charge is 2.34. The van der Waals surface area contributed by atoms with Crippen LogP contribution in [0, 0.1) is 0 Å². The van der Waals surface area contributed by atoms with Crippen molar-refractivity contribution < 1.29 is 4.74 Å². The van der Waals surface area contributed by atoms with E-state index in [4.69, 9.17) is 4.74 Å². The van der Waals surface area contributed by atoms with Crippen molar-refractivity contribution in [1.82, 2.24) is 5.32 Å². The second kappa shape index (κ2) is 5.07. The molecular formula is C12H15Br2NO. The van der Waals surface area contributed by atoms with Crippen molar-refractivity contribution in [3.05, 3.63) is 26.6 Å². The van der Waals surface area contributed by atoms with Crippen molar-refractivity contribution in [2.24, 2.45) is 0 Å². The van der Waals surface area contributed by atoms with Gasteiger partial charge in [-0.3, -0.25) is 0 Å². The summed E-state index contributed by atoms with van der Waals surface area (Å²) in [4.78, 5) is 0. The minimum atomic E-state index is 0.246. The Morgan fingerprint density at radius 2 is 2.12 bits per heavy atom.